The Morgan fingerprint density at radius 2 is 2.15 bits per heavy atom. The lowest BCUT2D eigenvalue weighted by atomic mass is 10.1. The van der Waals surface area contributed by atoms with E-state index in [9.17, 15) is 0 Å². The average molecular weight is 333 g/mol. The highest BCUT2D eigenvalue weighted by molar-refractivity contribution is 9.10. The smallest absolute Gasteiger partial charge is 0.127 e. The molecule has 0 saturated carbocycles. The fourth-order valence-corrected chi connectivity index (χ4v) is 3.04. The molecule has 1 aliphatic heterocycles. The van der Waals surface area contributed by atoms with Gasteiger partial charge in [0.05, 0.1) is 6.61 Å². The highest BCUT2D eigenvalue weighted by Gasteiger charge is 2.17. The number of pyridine rings is 1. The van der Waals surface area contributed by atoms with Gasteiger partial charge in [0.15, 0.2) is 0 Å². The minimum atomic E-state index is 0.792. The van der Waals surface area contributed by atoms with Gasteiger partial charge < -0.3 is 10.1 Å². The van der Waals surface area contributed by atoms with Crippen molar-refractivity contribution in [3.8, 4) is 5.75 Å². The van der Waals surface area contributed by atoms with E-state index in [4.69, 9.17) is 4.74 Å². The Morgan fingerprint density at radius 1 is 1.30 bits per heavy atom. The molecule has 3 nitrogen and oxygen atoms in total. The number of nitrogens with zero attached hydrogens (tertiary/aromatic N) is 1. The Kier molecular flexibility index (Phi) is 4.03. The van der Waals surface area contributed by atoms with Crippen LogP contribution in [0.5, 0.6) is 5.75 Å². The van der Waals surface area contributed by atoms with Crippen molar-refractivity contribution in [2.45, 2.75) is 26.4 Å². The first-order valence-corrected chi connectivity index (χ1v) is 7.57. The summed E-state index contributed by atoms with van der Waals surface area (Å²) in [6, 6.07) is 6.32. The van der Waals surface area contributed by atoms with E-state index in [2.05, 4.69) is 45.3 Å². The van der Waals surface area contributed by atoms with Crippen molar-refractivity contribution >= 4 is 15.9 Å². The summed E-state index contributed by atoms with van der Waals surface area (Å²) < 4.78 is 6.86. The fraction of sp³-hybridized carbons (Fsp3) is 0.312. The Morgan fingerprint density at radius 3 is 3.00 bits per heavy atom. The normalized spacial score (nSPS) is 13.1. The molecule has 2 heterocycles. The minimum Gasteiger partial charge on any atom is -0.493 e. The number of aryl methyl sites for hydroxylation is 1. The summed E-state index contributed by atoms with van der Waals surface area (Å²) in [6.45, 7) is 4.52. The van der Waals surface area contributed by atoms with Crippen LogP contribution in [0, 0.1) is 6.92 Å². The first-order chi connectivity index (χ1) is 9.74. The zero-order chi connectivity index (χ0) is 13.9. The predicted molar refractivity (Wildman–Crippen MR) is 82.9 cm³/mol. The molecule has 0 saturated heterocycles. The van der Waals surface area contributed by atoms with Gasteiger partial charge in [-0.3, -0.25) is 4.98 Å². The van der Waals surface area contributed by atoms with Crippen LogP contribution in [0.25, 0.3) is 0 Å². The van der Waals surface area contributed by atoms with Crippen molar-refractivity contribution in [1.82, 2.24) is 10.3 Å². The van der Waals surface area contributed by atoms with Gasteiger partial charge in [-0.2, -0.15) is 0 Å². The number of hydrogen-bond donors (Lipinski definition) is 1. The molecular formula is C16H17BrN2O. The maximum absolute atomic E-state index is 5.74. The lowest BCUT2D eigenvalue weighted by Gasteiger charge is -2.11. The van der Waals surface area contributed by atoms with Crippen LogP contribution in [-0.4, -0.2) is 11.6 Å². The summed E-state index contributed by atoms with van der Waals surface area (Å²) in [5.41, 5.74) is 5.02. The van der Waals surface area contributed by atoms with Gasteiger partial charge in [0.1, 0.15) is 5.75 Å². The Labute approximate surface area is 127 Å². The van der Waals surface area contributed by atoms with E-state index in [-0.39, 0.29) is 0 Å². The largest absolute Gasteiger partial charge is 0.493 e. The molecule has 0 aliphatic carbocycles. The van der Waals surface area contributed by atoms with E-state index >= 15 is 0 Å². The molecule has 0 fully saturated rings. The number of fused-ring (bicyclic) bond motifs is 1. The molecule has 0 radical (unpaired) electrons. The third-order valence-corrected chi connectivity index (χ3v) is 4.06. The van der Waals surface area contributed by atoms with Crippen LogP contribution in [0.3, 0.4) is 0 Å². The van der Waals surface area contributed by atoms with Crippen molar-refractivity contribution in [2.75, 3.05) is 6.61 Å². The van der Waals surface area contributed by atoms with E-state index in [1.165, 1.54) is 22.3 Å². The van der Waals surface area contributed by atoms with Gasteiger partial charge in [0, 0.05) is 41.9 Å². The third-order valence-electron chi connectivity index (χ3n) is 3.60. The number of aromatic nitrogens is 1. The molecule has 2 aromatic rings. The van der Waals surface area contributed by atoms with E-state index < -0.39 is 0 Å². The topological polar surface area (TPSA) is 34.2 Å². The molecule has 1 aromatic carbocycles. The van der Waals surface area contributed by atoms with E-state index in [1.807, 2.05) is 18.5 Å². The minimum absolute atomic E-state index is 0.792. The second-order valence-corrected chi connectivity index (χ2v) is 5.97. The maximum atomic E-state index is 5.74. The summed E-state index contributed by atoms with van der Waals surface area (Å²) in [7, 11) is 0. The van der Waals surface area contributed by atoms with Crippen LogP contribution in [-0.2, 0) is 19.5 Å². The van der Waals surface area contributed by atoms with E-state index in [0.29, 0.717) is 0 Å². The number of ether oxygens (including phenoxy) is 1. The van der Waals surface area contributed by atoms with Crippen LogP contribution in [0.15, 0.2) is 35.1 Å². The monoisotopic (exact) mass is 332 g/mol. The van der Waals surface area contributed by atoms with Crippen molar-refractivity contribution < 1.29 is 4.74 Å². The molecular weight excluding hydrogens is 316 g/mol. The lowest BCUT2D eigenvalue weighted by Crippen LogP contribution is -2.14. The van der Waals surface area contributed by atoms with Crippen LogP contribution >= 0.6 is 15.9 Å². The Balaban J connectivity index is 1.69. The molecule has 1 N–H and O–H groups in total. The summed E-state index contributed by atoms with van der Waals surface area (Å²) in [5.74, 6) is 1.06. The second-order valence-electron chi connectivity index (χ2n) is 5.06. The highest BCUT2D eigenvalue weighted by atomic mass is 79.9. The predicted octanol–water partition coefficient (Wildman–Crippen LogP) is 3.38. The van der Waals surface area contributed by atoms with Gasteiger partial charge in [-0.05, 0) is 41.8 Å². The molecule has 20 heavy (non-hydrogen) atoms. The zero-order valence-corrected chi connectivity index (χ0v) is 13.0. The second kappa shape index (κ2) is 5.94. The summed E-state index contributed by atoms with van der Waals surface area (Å²) in [4.78, 5) is 4.17. The first-order valence-electron chi connectivity index (χ1n) is 6.78. The molecule has 0 amide bonds. The third kappa shape index (κ3) is 2.86. The number of nitrogens with one attached hydrogen (secondary N) is 1. The van der Waals surface area contributed by atoms with Crippen LogP contribution in [0.1, 0.15) is 22.3 Å². The highest BCUT2D eigenvalue weighted by Crippen LogP contribution is 2.32. The molecule has 1 aromatic heterocycles. The van der Waals surface area contributed by atoms with Crippen LogP contribution in [0.4, 0.5) is 0 Å². The fourth-order valence-electron chi connectivity index (χ4n) is 2.49. The molecule has 1 aliphatic rings. The van der Waals surface area contributed by atoms with Crippen molar-refractivity contribution in [1.29, 1.82) is 0 Å². The molecule has 3 rings (SSSR count). The number of benzene rings is 1. The molecule has 0 spiro atoms. The number of rotatable bonds is 4. The van der Waals surface area contributed by atoms with Crippen molar-refractivity contribution in [3.05, 3.63) is 57.3 Å². The zero-order valence-electron chi connectivity index (χ0n) is 11.4. The number of hydrogen-bond acceptors (Lipinski definition) is 3. The average Bonchev–Trinajstić information content (AvgIpc) is 2.89. The molecule has 0 atom stereocenters. The summed E-state index contributed by atoms with van der Waals surface area (Å²) in [6.07, 6.45) is 4.75. The van der Waals surface area contributed by atoms with Crippen molar-refractivity contribution in [3.63, 3.8) is 0 Å². The van der Waals surface area contributed by atoms with Gasteiger partial charge in [0.2, 0.25) is 0 Å². The van der Waals surface area contributed by atoms with Crippen molar-refractivity contribution in [2.24, 2.45) is 0 Å². The van der Waals surface area contributed by atoms with E-state index in [0.717, 1.165) is 36.3 Å². The van der Waals surface area contributed by atoms with Gasteiger partial charge in [-0.15, -0.1) is 0 Å². The summed E-state index contributed by atoms with van der Waals surface area (Å²) in [5, 5.41) is 3.47. The molecule has 4 heteroatoms. The maximum Gasteiger partial charge on any atom is 0.127 e. The van der Waals surface area contributed by atoms with Gasteiger partial charge in [-0.1, -0.05) is 15.9 Å². The van der Waals surface area contributed by atoms with Gasteiger partial charge in [0.25, 0.3) is 0 Å². The van der Waals surface area contributed by atoms with Crippen LogP contribution < -0.4 is 10.1 Å². The van der Waals surface area contributed by atoms with Gasteiger partial charge >= 0.3 is 0 Å². The molecule has 0 bridgehead atoms. The summed E-state index contributed by atoms with van der Waals surface area (Å²) >= 11 is 3.57. The van der Waals surface area contributed by atoms with Gasteiger partial charge in [-0.25, -0.2) is 0 Å². The van der Waals surface area contributed by atoms with Crippen LogP contribution in [0.2, 0.25) is 0 Å². The number of halogens is 1. The van der Waals surface area contributed by atoms with E-state index in [1.54, 1.807) is 0 Å². The lowest BCUT2D eigenvalue weighted by molar-refractivity contribution is 0.352. The molecule has 104 valence electrons. The Hall–Kier alpha value is -1.39. The SMILES string of the molecule is Cc1ccncc1CNCc1cc(Br)cc2c1OCC2. The standard InChI is InChI=1S/C16H17BrN2O/c1-11-2-4-18-9-14(11)10-19-8-13-7-15(17)6-12-3-5-20-16(12)13/h2,4,6-7,9,19H,3,5,8,10H2,1H3. The Bertz CT molecular complexity index is 628. The molecule has 0 unspecified atom stereocenters. The quantitative estimate of drug-likeness (QED) is 0.931. The first kappa shape index (κ1) is 13.6.